The molecule has 0 radical (unpaired) electrons. The standard InChI is InChI=1S/C9H13.2ClH.Sc/c1-2-3-6-9-7-4-5-8-9;;;/h4,7H,2-3,5-6H2,1H3;2*1H;/q-1;;;+3/p-2. The van der Waals surface area contributed by atoms with Crippen molar-refractivity contribution in [3.63, 3.8) is 0 Å². The Morgan fingerprint density at radius 1 is 1.42 bits per heavy atom. The van der Waals surface area contributed by atoms with Crippen molar-refractivity contribution in [1.82, 2.24) is 0 Å². The van der Waals surface area contributed by atoms with Crippen LogP contribution in [-0.4, -0.2) is 0 Å². The van der Waals surface area contributed by atoms with Crippen LogP contribution in [0.3, 0.4) is 0 Å². The van der Waals surface area contributed by atoms with Gasteiger partial charge in [-0.2, -0.15) is 6.08 Å². The molecule has 0 bridgehead atoms. The third-order valence-corrected chi connectivity index (χ3v) is 1.57. The molecule has 0 saturated heterocycles. The van der Waals surface area contributed by atoms with Crippen LogP contribution in [0.5, 0.6) is 0 Å². The van der Waals surface area contributed by atoms with Gasteiger partial charge < -0.3 is 24.8 Å². The van der Waals surface area contributed by atoms with E-state index in [4.69, 9.17) is 0 Å². The van der Waals surface area contributed by atoms with Gasteiger partial charge in [0.1, 0.15) is 0 Å². The van der Waals surface area contributed by atoms with Gasteiger partial charge in [-0.05, 0) is 0 Å². The summed E-state index contributed by atoms with van der Waals surface area (Å²) in [6, 6.07) is 0. The smallest absolute Gasteiger partial charge is 1.00 e. The molecule has 0 saturated carbocycles. The van der Waals surface area contributed by atoms with E-state index in [2.05, 4.69) is 25.2 Å². The molecule has 0 aliphatic heterocycles. The Bertz CT molecular complexity index is 141. The summed E-state index contributed by atoms with van der Waals surface area (Å²) in [4.78, 5) is 0. The molecule has 1 rings (SSSR count). The molecular weight excluding hydrogens is 224 g/mol. The van der Waals surface area contributed by atoms with E-state index in [1.54, 1.807) is 0 Å². The first-order chi connectivity index (χ1) is 4.43. The van der Waals surface area contributed by atoms with Crippen molar-refractivity contribution < 1.29 is 50.7 Å². The molecule has 0 aromatic carbocycles. The minimum absolute atomic E-state index is 0. The van der Waals surface area contributed by atoms with Gasteiger partial charge in [0.05, 0.1) is 0 Å². The molecule has 0 amide bonds. The molecule has 0 fully saturated rings. The summed E-state index contributed by atoms with van der Waals surface area (Å²) in [5, 5.41) is 0. The largest absolute Gasteiger partial charge is 3.00 e. The van der Waals surface area contributed by atoms with E-state index in [0.717, 1.165) is 6.42 Å². The van der Waals surface area contributed by atoms with E-state index in [1.165, 1.54) is 24.8 Å². The van der Waals surface area contributed by atoms with Crippen LogP contribution in [0, 0.1) is 6.08 Å². The summed E-state index contributed by atoms with van der Waals surface area (Å²) < 4.78 is 0. The van der Waals surface area contributed by atoms with Gasteiger partial charge in [-0.3, -0.25) is 6.08 Å². The van der Waals surface area contributed by atoms with Gasteiger partial charge in [-0.25, -0.2) is 11.6 Å². The summed E-state index contributed by atoms with van der Waals surface area (Å²) in [6.45, 7) is 2.22. The van der Waals surface area contributed by atoms with E-state index >= 15 is 0 Å². The average Bonchev–Trinajstić information content (AvgIpc) is 2.34. The maximum absolute atomic E-state index is 3.30. The van der Waals surface area contributed by atoms with Gasteiger partial charge in [0.15, 0.2) is 0 Å². The summed E-state index contributed by atoms with van der Waals surface area (Å²) in [7, 11) is 0. The number of halogens is 2. The second kappa shape index (κ2) is 11.9. The zero-order valence-electron chi connectivity index (χ0n) is 7.32. The Labute approximate surface area is 106 Å². The summed E-state index contributed by atoms with van der Waals surface area (Å²) in [5.74, 6) is 0. The van der Waals surface area contributed by atoms with E-state index < -0.39 is 0 Å². The Morgan fingerprint density at radius 3 is 2.50 bits per heavy atom. The van der Waals surface area contributed by atoms with E-state index in [0.29, 0.717) is 0 Å². The van der Waals surface area contributed by atoms with Crippen molar-refractivity contribution in [1.29, 1.82) is 0 Å². The molecule has 12 heavy (non-hydrogen) atoms. The van der Waals surface area contributed by atoms with E-state index in [9.17, 15) is 0 Å². The minimum atomic E-state index is 0. The molecule has 0 N–H and O–H groups in total. The van der Waals surface area contributed by atoms with Crippen LogP contribution in [0.1, 0.15) is 32.6 Å². The van der Waals surface area contributed by atoms with Crippen LogP contribution in [0.4, 0.5) is 0 Å². The predicted octanol–water partition coefficient (Wildman–Crippen LogP) is -3.13. The molecule has 66 valence electrons. The number of allylic oxidation sites excluding steroid dienone is 4. The quantitative estimate of drug-likeness (QED) is 0.455. The van der Waals surface area contributed by atoms with E-state index in [1.807, 2.05) is 0 Å². The molecule has 3 heteroatoms. The van der Waals surface area contributed by atoms with Crippen molar-refractivity contribution >= 4 is 0 Å². The van der Waals surface area contributed by atoms with Crippen LogP contribution < -0.4 is 24.8 Å². The third-order valence-electron chi connectivity index (χ3n) is 1.57. The second-order valence-electron chi connectivity index (χ2n) is 2.41. The third kappa shape index (κ3) is 7.57. The van der Waals surface area contributed by atoms with Crippen LogP contribution in [0.2, 0.25) is 0 Å². The number of hydrogen-bond acceptors (Lipinski definition) is 0. The number of hydrogen-bond donors (Lipinski definition) is 0. The molecule has 1 aliphatic carbocycles. The molecule has 0 heterocycles. The molecule has 0 spiro atoms. The van der Waals surface area contributed by atoms with Gasteiger partial charge in [0.25, 0.3) is 0 Å². The van der Waals surface area contributed by atoms with Crippen molar-refractivity contribution in [3.8, 4) is 0 Å². The first kappa shape index (κ1) is 18.7. The van der Waals surface area contributed by atoms with Gasteiger partial charge >= 0.3 is 25.8 Å². The Kier molecular flexibility index (Phi) is 18.6. The SMILES string of the molecule is CCCCC1=[C-]CC=C1.[Cl-].[Cl-].[Sc+3]. The molecule has 1 aliphatic rings. The first-order valence-electron chi connectivity index (χ1n) is 3.69. The topological polar surface area (TPSA) is 0 Å². The van der Waals surface area contributed by atoms with Crippen molar-refractivity contribution in [2.24, 2.45) is 0 Å². The van der Waals surface area contributed by atoms with Gasteiger partial charge in [-0.15, -0.1) is 6.42 Å². The van der Waals surface area contributed by atoms with Crippen LogP contribution in [0.25, 0.3) is 0 Å². The molecule has 0 unspecified atom stereocenters. The normalized spacial score (nSPS) is 12.2. The molecule has 0 aromatic heterocycles. The fraction of sp³-hybridized carbons (Fsp3) is 0.556. The molecule has 0 atom stereocenters. The maximum atomic E-state index is 3.30. The van der Waals surface area contributed by atoms with Crippen molar-refractivity contribution in [3.05, 3.63) is 23.8 Å². The minimum Gasteiger partial charge on any atom is -1.00 e. The summed E-state index contributed by atoms with van der Waals surface area (Å²) >= 11 is 0. The maximum Gasteiger partial charge on any atom is 3.00 e. The summed E-state index contributed by atoms with van der Waals surface area (Å²) in [5.41, 5.74) is 1.41. The van der Waals surface area contributed by atoms with Crippen LogP contribution >= 0.6 is 0 Å². The van der Waals surface area contributed by atoms with E-state index in [-0.39, 0.29) is 50.7 Å². The van der Waals surface area contributed by atoms with Gasteiger partial charge in [-0.1, -0.05) is 26.2 Å². The monoisotopic (exact) mass is 236 g/mol. The van der Waals surface area contributed by atoms with Crippen molar-refractivity contribution in [2.75, 3.05) is 0 Å². The van der Waals surface area contributed by atoms with Crippen LogP contribution in [-0.2, 0) is 25.8 Å². The molecule has 0 nitrogen and oxygen atoms in total. The van der Waals surface area contributed by atoms with Crippen molar-refractivity contribution in [2.45, 2.75) is 32.6 Å². The second-order valence-corrected chi connectivity index (χ2v) is 2.41. The Balaban J connectivity index is -0.000000270. The average molecular weight is 237 g/mol. The fourth-order valence-electron chi connectivity index (χ4n) is 0.989. The Hall–Kier alpha value is 0.930. The predicted molar refractivity (Wildman–Crippen MR) is 40.0 cm³/mol. The molecular formula is C9H13Cl2Sc. The van der Waals surface area contributed by atoms with Crippen LogP contribution in [0.15, 0.2) is 17.7 Å². The number of unbranched alkanes of at least 4 members (excludes halogenated alkanes) is 1. The van der Waals surface area contributed by atoms with Gasteiger partial charge in [0.2, 0.25) is 0 Å². The van der Waals surface area contributed by atoms with Gasteiger partial charge in [0, 0.05) is 0 Å². The summed E-state index contributed by atoms with van der Waals surface area (Å²) in [6.07, 6.45) is 12.5. The zero-order valence-corrected chi connectivity index (χ0v) is 10.6. The zero-order chi connectivity index (χ0) is 6.53. The molecule has 0 aromatic rings. The number of rotatable bonds is 3. The fourth-order valence-corrected chi connectivity index (χ4v) is 0.989. The first-order valence-corrected chi connectivity index (χ1v) is 3.69. The Morgan fingerprint density at radius 2 is 2.08 bits per heavy atom.